The summed E-state index contributed by atoms with van der Waals surface area (Å²) in [6.07, 6.45) is 0. The lowest BCUT2D eigenvalue weighted by Crippen LogP contribution is -2.09. The van der Waals surface area contributed by atoms with Gasteiger partial charge in [0.15, 0.2) is 0 Å². The summed E-state index contributed by atoms with van der Waals surface area (Å²) < 4.78 is 0. The molecule has 18 heavy (non-hydrogen) atoms. The van der Waals surface area contributed by atoms with Crippen molar-refractivity contribution in [3.8, 4) is 11.3 Å². The van der Waals surface area contributed by atoms with Gasteiger partial charge in [0.2, 0.25) is 0 Å². The highest BCUT2D eigenvalue weighted by Crippen LogP contribution is 2.25. The molecule has 0 saturated carbocycles. The predicted octanol–water partition coefficient (Wildman–Crippen LogP) is 3.24. The molecule has 2 aromatic carbocycles. The number of rotatable bonds is 1. The summed E-state index contributed by atoms with van der Waals surface area (Å²) in [5.41, 5.74) is 1.43. The summed E-state index contributed by atoms with van der Waals surface area (Å²) in [5.74, 6) is 0. The van der Waals surface area contributed by atoms with Crippen LogP contribution in [0.2, 0.25) is 5.02 Å². The van der Waals surface area contributed by atoms with Crippen LogP contribution in [-0.2, 0) is 0 Å². The molecule has 3 rings (SSSR count). The van der Waals surface area contributed by atoms with Crippen LogP contribution in [0.3, 0.4) is 0 Å². The van der Waals surface area contributed by atoms with E-state index in [2.05, 4.69) is 10.2 Å². The van der Waals surface area contributed by atoms with Crippen molar-refractivity contribution in [2.24, 2.45) is 0 Å². The van der Waals surface area contributed by atoms with Crippen molar-refractivity contribution in [1.82, 2.24) is 10.2 Å². The fourth-order valence-corrected chi connectivity index (χ4v) is 2.16. The van der Waals surface area contributed by atoms with Crippen molar-refractivity contribution in [1.29, 1.82) is 0 Å². The maximum Gasteiger partial charge on any atom is 0.272 e. The molecule has 3 nitrogen and oxygen atoms in total. The van der Waals surface area contributed by atoms with Gasteiger partial charge in [-0.1, -0.05) is 41.9 Å². The van der Waals surface area contributed by atoms with Crippen LogP contribution < -0.4 is 5.56 Å². The molecule has 1 N–H and O–H groups in total. The molecule has 1 heterocycles. The van der Waals surface area contributed by atoms with Gasteiger partial charge in [-0.3, -0.25) is 4.79 Å². The van der Waals surface area contributed by atoms with E-state index in [4.69, 9.17) is 11.6 Å². The molecule has 1 aromatic heterocycles. The fraction of sp³-hybridized carbons (Fsp3) is 0. The molecule has 0 spiro atoms. The summed E-state index contributed by atoms with van der Waals surface area (Å²) in [6, 6.07) is 14.8. The zero-order valence-electron chi connectivity index (χ0n) is 9.35. The van der Waals surface area contributed by atoms with E-state index in [0.717, 1.165) is 16.6 Å². The quantitative estimate of drug-likeness (QED) is 0.726. The summed E-state index contributed by atoms with van der Waals surface area (Å²) in [5, 5.41) is 8.73. The smallest absolute Gasteiger partial charge is 0.267 e. The number of benzene rings is 2. The number of fused-ring (bicyclic) bond motifs is 1. The molecule has 0 saturated heterocycles. The van der Waals surface area contributed by atoms with Crippen LogP contribution >= 0.6 is 11.6 Å². The van der Waals surface area contributed by atoms with Gasteiger partial charge in [-0.05, 0) is 18.2 Å². The van der Waals surface area contributed by atoms with Crippen LogP contribution in [0.5, 0.6) is 0 Å². The summed E-state index contributed by atoms with van der Waals surface area (Å²) >= 11 is 5.98. The van der Waals surface area contributed by atoms with Crippen molar-refractivity contribution in [2.45, 2.75) is 0 Å². The standard InChI is InChI=1S/C14H9ClN2O/c15-10-5-3-4-9(8-10)13-11-6-1-2-7-12(11)14(18)17-16-13/h1-8H,(H,17,18). The van der Waals surface area contributed by atoms with E-state index in [0.29, 0.717) is 10.4 Å². The Hall–Kier alpha value is -2.13. The minimum absolute atomic E-state index is 0.184. The highest BCUT2D eigenvalue weighted by Gasteiger charge is 2.08. The van der Waals surface area contributed by atoms with Gasteiger partial charge in [-0.15, -0.1) is 0 Å². The Bertz CT molecular complexity index is 780. The third kappa shape index (κ3) is 1.79. The SMILES string of the molecule is O=c1[nH]nc(-c2cccc(Cl)c2)c2ccccc12. The average Bonchev–Trinajstić information content (AvgIpc) is 2.39. The molecule has 4 heteroatoms. The van der Waals surface area contributed by atoms with E-state index in [-0.39, 0.29) is 5.56 Å². The van der Waals surface area contributed by atoms with Crippen LogP contribution in [-0.4, -0.2) is 10.2 Å². The first kappa shape index (κ1) is 11.0. The zero-order chi connectivity index (χ0) is 12.5. The molecular weight excluding hydrogens is 248 g/mol. The van der Waals surface area contributed by atoms with Gasteiger partial charge in [-0.25, -0.2) is 5.10 Å². The lowest BCUT2D eigenvalue weighted by atomic mass is 10.1. The van der Waals surface area contributed by atoms with Gasteiger partial charge in [0.1, 0.15) is 0 Å². The van der Waals surface area contributed by atoms with Gasteiger partial charge >= 0.3 is 0 Å². The second kappa shape index (κ2) is 4.27. The summed E-state index contributed by atoms with van der Waals surface area (Å²) in [6.45, 7) is 0. The molecule has 0 aliphatic rings. The van der Waals surface area contributed by atoms with E-state index in [1.54, 1.807) is 12.1 Å². The van der Waals surface area contributed by atoms with Gasteiger partial charge < -0.3 is 0 Å². The molecule has 88 valence electrons. The average molecular weight is 257 g/mol. The Balaban J connectivity index is 2.37. The Kier molecular flexibility index (Phi) is 2.61. The largest absolute Gasteiger partial charge is 0.272 e. The van der Waals surface area contributed by atoms with E-state index >= 15 is 0 Å². The lowest BCUT2D eigenvalue weighted by Gasteiger charge is -2.05. The Morgan fingerprint density at radius 3 is 2.56 bits per heavy atom. The molecule has 3 aromatic rings. The van der Waals surface area contributed by atoms with Gasteiger partial charge in [0, 0.05) is 16.0 Å². The number of aromatic amines is 1. The number of H-pyrrole nitrogens is 1. The summed E-state index contributed by atoms with van der Waals surface area (Å²) in [4.78, 5) is 11.7. The van der Waals surface area contributed by atoms with Crippen LogP contribution in [0, 0.1) is 0 Å². The molecule has 0 fully saturated rings. The van der Waals surface area contributed by atoms with Gasteiger partial charge in [0.25, 0.3) is 5.56 Å². The van der Waals surface area contributed by atoms with E-state index in [1.807, 2.05) is 36.4 Å². The normalized spacial score (nSPS) is 10.7. The van der Waals surface area contributed by atoms with Crippen molar-refractivity contribution in [2.75, 3.05) is 0 Å². The van der Waals surface area contributed by atoms with Gasteiger partial charge in [-0.2, -0.15) is 5.10 Å². The minimum atomic E-state index is -0.184. The Labute approximate surface area is 108 Å². The predicted molar refractivity (Wildman–Crippen MR) is 72.8 cm³/mol. The molecular formula is C14H9ClN2O. The van der Waals surface area contributed by atoms with Gasteiger partial charge in [0.05, 0.1) is 11.1 Å². The van der Waals surface area contributed by atoms with Crippen LogP contribution in [0.25, 0.3) is 22.0 Å². The highest BCUT2D eigenvalue weighted by molar-refractivity contribution is 6.30. The molecule has 0 atom stereocenters. The van der Waals surface area contributed by atoms with Crippen LogP contribution in [0.4, 0.5) is 0 Å². The molecule has 0 radical (unpaired) electrons. The molecule has 0 aliphatic carbocycles. The molecule has 0 unspecified atom stereocenters. The molecule has 0 bridgehead atoms. The highest BCUT2D eigenvalue weighted by atomic mass is 35.5. The van der Waals surface area contributed by atoms with E-state index in [9.17, 15) is 4.79 Å². The summed E-state index contributed by atoms with van der Waals surface area (Å²) in [7, 11) is 0. The topological polar surface area (TPSA) is 45.8 Å². The molecule has 0 amide bonds. The maximum absolute atomic E-state index is 11.7. The third-order valence-corrected chi connectivity index (χ3v) is 3.03. The number of aromatic nitrogens is 2. The lowest BCUT2D eigenvalue weighted by molar-refractivity contribution is 1.02. The van der Waals surface area contributed by atoms with Crippen molar-refractivity contribution in [3.63, 3.8) is 0 Å². The number of hydrogen-bond acceptors (Lipinski definition) is 2. The Morgan fingerprint density at radius 2 is 1.78 bits per heavy atom. The minimum Gasteiger partial charge on any atom is -0.267 e. The second-order valence-electron chi connectivity index (χ2n) is 3.96. The first-order chi connectivity index (χ1) is 8.75. The van der Waals surface area contributed by atoms with Crippen molar-refractivity contribution >= 4 is 22.4 Å². The van der Waals surface area contributed by atoms with E-state index in [1.165, 1.54) is 0 Å². The fourth-order valence-electron chi connectivity index (χ4n) is 1.97. The van der Waals surface area contributed by atoms with E-state index < -0.39 is 0 Å². The third-order valence-electron chi connectivity index (χ3n) is 2.79. The molecule has 0 aliphatic heterocycles. The van der Waals surface area contributed by atoms with Crippen molar-refractivity contribution in [3.05, 3.63) is 63.9 Å². The maximum atomic E-state index is 11.7. The zero-order valence-corrected chi connectivity index (χ0v) is 10.1. The Morgan fingerprint density at radius 1 is 1.00 bits per heavy atom. The number of nitrogens with zero attached hydrogens (tertiary/aromatic N) is 1. The number of hydrogen-bond donors (Lipinski definition) is 1. The van der Waals surface area contributed by atoms with Crippen LogP contribution in [0.1, 0.15) is 0 Å². The first-order valence-corrected chi connectivity index (χ1v) is 5.87. The van der Waals surface area contributed by atoms with Crippen LogP contribution in [0.15, 0.2) is 53.3 Å². The van der Waals surface area contributed by atoms with Crippen molar-refractivity contribution < 1.29 is 0 Å². The second-order valence-corrected chi connectivity index (χ2v) is 4.39. The first-order valence-electron chi connectivity index (χ1n) is 5.49. The monoisotopic (exact) mass is 256 g/mol. The number of halogens is 1. The number of nitrogens with one attached hydrogen (secondary N) is 1.